The fraction of sp³-hybridized carbons (Fsp3) is 0.500. The predicted octanol–water partition coefficient (Wildman–Crippen LogP) is 2.31. The molecule has 6 nitrogen and oxygen atoms in total. The number of nitrogens with zero attached hydrogens (tertiary/aromatic N) is 3. The van der Waals surface area contributed by atoms with Crippen LogP contribution in [0.15, 0.2) is 30.6 Å². The van der Waals surface area contributed by atoms with Crippen LogP contribution in [0.5, 0.6) is 11.5 Å². The van der Waals surface area contributed by atoms with Gasteiger partial charge in [-0.3, -0.25) is 9.58 Å². The number of rotatable bonds is 6. The minimum Gasteiger partial charge on any atom is -0.497 e. The third-order valence-corrected chi connectivity index (χ3v) is 4.68. The SMILES string of the molecule is COc1ccc(OC)c([C@H](O)CN2CCC[C@H]2c2cnn(C)c2)c1. The number of aliphatic hydroxyl groups excluding tert-OH is 1. The summed E-state index contributed by atoms with van der Waals surface area (Å²) < 4.78 is 12.5. The Kier molecular flexibility index (Phi) is 5.06. The van der Waals surface area contributed by atoms with Crippen molar-refractivity contribution in [3.05, 3.63) is 41.7 Å². The topological polar surface area (TPSA) is 59.8 Å². The van der Waals surface area contributed by atoms with E-state index in [-0.39, 0.29) is 0 Å². The van der Waals surface area contributed by atoms with Crippen molar-refractivity contribution in [2.45, 2.75) is 25.0 Å². The first-order chi connectivity index (χ1) is 11.6. The first kappa shape index (κ1) is 16.8. The lowest BCUT2D eigenvalue weighted by molar-refractivity contribution is 0.104. The maximum atomic E-state index is 10.8. The van der Waals surface area contributed by atoms with Gasteiger partial charge in [0.25, 0.3) is 0 Å². The van der Waals surface area contributed by atoms with Gasteiger partial charge < -0.3 is 14.6 Å². The highest BCUT2D eigenvalue weighted by atomic mass is 16.5. The van der Waals surface area contributed by atoms with Gasteiger partial charge in [-0.2, -0.15) is 5.10 Å². The van der Waals surface area contributed by atoms with Gasteiger partial charge in [-0.1, -0.05) is 0 Å². The van der Waals surface area contributed by atoms with Gasteiger partial charge in [0, 0.05) is 37.0 Å². The van der Waals surface area contributed by atoms with Crippen LogP contribution in [0.1, 0.15) is 36.1 Å². The minimum absolute atomic E-state index is 0.310. The molecular formula is C18H25N3O3. The Hall–Kier alpha value is -2.05. The molecule has 1 aromatic heterocycles. The summed E-state index contributed by atoms with van der Waals surface area (Å²) in [6.45, 7) is 1.53. The fourth-order valence-corrected chi connectivity index (χ4v) is 3.45. The maximum absolute atomic E-state index is 10.8. The van der Waals surface area contributed by atoms with Gasteiger partial charge in [0.2, 0.25) is 0 Å². The third kappa shape index (κ3) is 3.39. The summed E-state index contributed by atoms with van der Waals surface area (Å²) in [6.07, 6.45) is 5.56. The molecule has 1 fully saturated rings. The van der Waals surface area contributed by atoms with Crippen LogP contribution in [0.4, 0.5) is 0 Å². The zero-order valence-corrected chi connectivity index (χ0v) is 14.5. The molecule has 0 radical (unpaired) electrons. The smallest absolute Gasteiger partial charge is 0.124 e. The van der Waals surface area contributed by atoms with E-state index < -0.39 is 6.10 Å². The molecule has 1 aromatic carbocycles. The molecule has 0 aliphatic carbocycles. The van der Waals surface area contributed by atoms with Crippen molar-refractivity contribution < 1.29 is 14.6 Å². The van der Waals surface area contributed by atoms with Crippen molar-refractivity contribution >= 4 is 0 Å². The van der Waals surface area contributed by atoms with Crippen molar-refractivity contribution in [2.24, 2.45) is 7.05 Å². The minimum atomic E-state index is -0.632. The van der Waals surface area contributed by atoms with Crippen molar-refractivity contribution in [1.82, 2.24) is 14.7 Å². The fourth-order valence-electron chi connectivity index (χ4n) is 3.45. The van der Waals surface area contributed by atoms with Crippen molar-refractivity contribution in [1.29, 1.82) is 0 Å². The molecular weight excluding hydrogens is 306 g/mol. The van der Waals surface area contributed by atoms with Gasteiger partial charge in [0.05, 0.1) is 26.5 Å². The molecule has 0 saturated carbocycles. The van der Waals surface area contributed by atoms with Gasteiger partial charge in [-0.25, -0.2) is 0 Å². The first-order valence-corrected chi connectivity index (χ1v) is 8.25. The number of aryl methyl sites for hydroxylation is 1. The molecule has 2 aromatic rings. The average molecular weight is 331 g/mol. The largest absolute Gasteiger partial charge is 0.497 e. The molecule has 0 unspecified atom stereocenters. The van der Waals surface area contributed by atoms with E-state index in [2.05, 4.69) is 16.2 Å². The van der Waals surface area contributed by atoms with Gasteiger partial charge >= 0.3 is 0 Å². The number of likely N-dealkylation sites (tertiary alicyclic amines) is 1. The molecule has 24 heavy (non-hydrogen) atoms. The van der Waals surface area contributed by atoms with Gasteiger partial charge in [0.1, 0.15) is 11.5 Å². The molecule has 130 valence electrons. The number of benzene rings is 1. The summed E-state index contributed by atoms with van der Waals surface area (Å²) in [4.78, 5) is 2.32. The van der Waals surface area contributed by atoms with Crippen LogP contribution < -0.4 is 9.47 Å². The molecule has 0 bridgehead atoms. The number of β-amino-alcohol motifs (C(OH)–C–C–N with tert-alkyl or cyclic N) is 1. The molecule has 2 atom stereocenters. The summed E-state index contributed by atoms with van der Waals surface area (Å²) in [6, 6.07) is 5.83. The second-order valence-corrected chi connectivity index (χ2v) is 6.22. The number of hydrogen-bond acceptors (Lipinski definition) is 5. The van der Waals surface area contributed by atoms with Gasteiger partial charge in [-0.05, 0) is 37.6 Å². The van der Waals surface area contributed by atoms with E-state index in [0.717, 1.165) is 30.7 Å². The van der Waals surface area contributed by atoms with E-state index in [0.29, 0.717) is 18.3 Å². The number of aromatic nitrogens is 2. The Morgan fingerprint density at radius 1 is 1.33 bits per heavy atom. The highest BCUT2D eigenvalue weighted by Gasteiger charge is 2.29. The Morgan fingerprint density at radius 2 is 2.17 bits per heavy atom. The maximum Gasteiger partial charge on any atom is 0.124 e. The second-order valence-electron chi connectivity index (χ2n) is 6.22. The number of aliphatic hydroxyl groups is 1. The molecule has 1 aliphatic heterocycles. The highest BCUT2D eigenvalue weighted by Crippen LogP contribution is 2.35. The Bertz CT molecular complexity index is 686. The van der Waals surface area contributed by atoms with Crippen LogP contribution in [0.3, 0.4) is 0 Å². The Morgan fingerprint density at radius 3 is 2.83 bits per heavy atom. The molecule has 2 heterocycles. The zero-order valence-electron chi connectivity index (χ0n) is 14.5. The van der Waals surface area contributed by atoms with Crippen LogP contribution in [-0.2, 0) is 7.05 Å². The van der Waals surface area contributed by atoms with Crippen molar-refractivity contribution in [3.63, 3.8) is 0 Å². The Labute approximate surface area is 142 Å². The van der Waals surface area contributed by atoms with E-state index in [1.807, 2.05) is 36.1 Å². The lowest BCUT2D eigenvalue weighted by atomic mass is 10.1. The second kappa shape index (κ2) is 7.23. The van der Waals surface area contributed by atoms with E-state index in [4.69, 9.17) is 9.47 Å². The van der Waals surface area contributed by atoms with E-state index >= 15 is 0 Å². The molecule has 1 aliphatic rings. The highest BCUT2D eigenvalue weighted by molar-refractivity contribution is 5.41. The lowest BCUT2D eigenvalue weighted by Crippen LogP contribution is -2.28. The summed E-state index contributed by atoms with van der Waals surface area (Å²) in [5.74, 6) is 1.40. The summed E-state index contributed by atoms with van der Waals surface area (Å²) >= 11 is 0. The standard InChI is InChI=1S/C18H25N3O3/c1-20-11-13(10-19-20)16-5-4-8-21(16)12-17(22)15-9-14(23-2)6-7-18(15)24-3/h6-7,9-11,16-17,22H,4-5,8,12H2,1-3H3/t16-,17+/m0/s1. The molecule has 0 amide bonds. The quantitative estimate of drug-likeness (QED) is 0.880. The third-order valence-electron chi connectivity index (χ3n) is 4.68. The molecule has 1 N–H and O–H groups in total. The molecule has 3 rings (SSSR count). The monoisotopic (exact) mass is 331 g/mol. The van der Waals surface area contributed by atoms with Crippen LogP contribution >= 0.6 is 0 Å². The Balaban J connectivity index is 1.77. The normalized spacial score (nSPS) is 19.4. The van der Waals surface area contributed by atoms with Gasteiger partial charge in [-0.15, -0.1) is 0 Å². The molecule has 1 saturated heterocycles. The number of hydrogen-bond donors (Lipinski definition) is 1. The number of methoxy groups -OCH3 is 2. The molecule has 6 heteroatoms. The summed E-state index contributed by atoms with van der Waals surface area (Å²) in [7, 11) is 5.17. The summed E-state index contributed by atoms with van der Waals surface area (Å²) in [5, 5.41) is 15.1. The van der Waals surface area contributed by atoms with Gasteiger partial charge in [0.15, 0.2) is 0 Å². The predicted molar refractivity (Wildman–Crippen MR) is 91.3 cm³/mol. The van der Waals surface area contributed by atoms with E-state index in [1.54, 1.807) is 14.2 Å². The van der Waals surface area contributed by atoms with Crippen molar-refractivity contribution in [3.8, 4) is 11.5 Å². The van der Waals surface area contributed by atoms with Crippen LogP contribution in [0, 0.1) is 0 Å². The van der Waals surface area contributed by atoms with Crippen LogP contribution in [-0.4, -0.2) is 47.1 Å². The van der Waals surface area contributed by atoms with Crippen molar-refractivity contribution in [2.75, 3.05) is 27.3 Å². The summed E-state index contributed by atoms with van der Waals surface area (Å²) in [5.41, 5.74) is 1.97. The molecule has 0 spiro atoms. The average Bonchev–Trinajstić information content (AvgIpc) is 3.22. The van der Waals surface area contributed by atoms with E-state index in [1.165, 1.54) is 5.56 Å². The van der Waals surface area contributed by atoms with Crippen LogP contribution in [0.25, 0.3) is 0 Å². The zero-order chi connectivity index (χ0) is 17.1. The number of ether oxygens (including phenoxy) is 2. The lowest BCUT2D eigenvalue weighted by Gasteiger charge is -2.27. The first-order valence-electron chi connectivity index (χ1n) is 8.25. The van der Waals surface area contributed by atoms with Crippen LogP contribution in [0.2, 0.25) is 0 Å². The van der Waals surface area contributed by atoms with E-state index in [9.17, 15) is 5.11 Å².